The Labute approximate surface area is 80.8 Å². The standard InChI is InChI=1S/C4H8Cl3O3P/c1-2-9-11(8)10-3-4(5,6)7/h11H,2-3H2,1H3. The minimum atomic E-state index is -2.48. The predicted molar refractivity (Wildman–Crippen MR) is 46.9 cm³/mol. The first-order chi connectivity index (χ1) is 4.95. The van der Waals surface area contributed by atoms with Gasteiger partial charge in [0.2, 0.25) is 3.79 Å². The second-order valence-corrected chi connectivity index (χ2v) is 5.18. The lowest BCUT2D eigenvalue weighted by Gasteiger charge is -2.09. The normalized spacial score (nSPS) is 14.9. The van der Waals surface area contributed by atoms with E-state index in [9.17, 15) is 4.57 Å². The highest BCUT2D eigenvalue weighted by Gasteiger charge is 2.20. The van der Waals surface area contributed by atoms with Gasteiger partial charge in [0.05, 0.1) is 6.61 Å². The van der Waals surface area contributed by atoms with Crippen LogP contribution in [0.5, 0.6) is 0 Å². The minimum absolute atomic E-state index is 0.227. The van der Waals surface area contributed by atoms with Crippen molar-refractivity contribution in [2.24, 2.45) is 0 Å². The number of hydrogen-bond donors (Lipinski definition) is 0. The van der Waals surface area contributed by atoms with E-state index in [0.717, 1.165) is 0 Å². The number of alkyl halides is 3. The molecule has 1 unspecified atom stereocenters. The molecule has 0 heterocycles. The van der Waals surface area contributed by atoms with Gasteiger partial charge in [-0.05, 0) is 6.92 Å². The summed E-state index contributed by atoms with van der Waals surface area (Å²) in [5.41, 5.74) is 0. The average Bonchev–Trinajstić information content (AvgIpc) is 1.83. The average molecular weight is 241 g/mol. The molecule has 0 fully saturated rings. The Morgan fingerprint density at radius 2 is 1.91 bits per heavy atom. The highest BCUT2D eigenvalue weighted by Crippen LogP contribution is 2.32. The molecule has 0 rings (SSSR count). The Balaban J connectivity index is 3.46. The first-order valence-corrected chi connectivity index (χ1v) is 5.18. The van der Waals surface area contributed by atoms with Gasteiger partial charge >= 0.3 is 8.25 Å². The summed E-state index contributed by atoms with van der Waals surface area (Å²) in [6, 6.07) is 0. The molecular formula is C4H8Cl3O3P. The first kappa shape index (κ1) is 12.0. The molecule has 0 radical (unpaired) electrons. The topological polar surface area (TPSA) is 35.5 Å². The van der Waals surface area contributed by atoms with E-state index in [1.165, 1.54) is 0 Å². The largest absolute Gasteiger partial charge is 0.319 e. The fourth-order valence-electron chi connectivity index (χ4n) is 0.300. The summed E-state index contributed by atoms with van der Waals surface area (Å²) >= 11 is 15.9. The van der Waals surface area contributed by atoms with Gasteiger partial charge in [-0.3, -0.25) is 4.57 Å². The van der Waals surface area contributed by atoms with Crippen LogP contribution < -0.4 is 0 Å². The molecule has 0 aliphatic carbocycles. The maximum Gasteiger partial charge on any atom is 0.319 e. The maximum atomic E-state index is 10.7. The summed E-state index contributed by atoms with van der Waals surface area (Å²) in [6.07, 6.45) is 0. The molecular weight excluding hydrogens is 233 g/mol. The molecule has 0 spiro atoms. The van der Waals surface area contributed by atoms with Crippen LogP contribution in [0.15, 0.2) is 0 Å². The molecule has 0 N–H and O–H groups in total. The van der Waals surface area contributed by atoms with E-state index in [2.05, 4.69) is 9.05 Å². The van der Waals surface area contributed by atoms with Gasteiger partial charge in [-0.15, -0.1) is 0 Å². The summed E-state index contributed by atoms with van der Waals surface area (Å²) in [5.74, 6) is 0. The molecule has 11 heavy (non-hydrogen) atoms. The Hall–Kier alpha value is 1.02. The van der Waals surface area contributed by atoms with Crippen LogP contribution in [-0.4, -0.2) is 17.0 Å². The van der Waals surface area contributed by atoms with Crippen LogP contribution in [-0.2, 0) is 13.6 Å². The van der Waals surface area contributed by atoms with Gasteiger partial charge < -0.3 is 9.05 Å². The van der Waals surface area contributed by atoms with E-state index in [1.54, 1.807) is 6.92 Å². The monoisotopic (exact) mass is 240 g/mol. The third kappa shape index (κ3) is 8.93. The quantitative estimate of drug-likeness (QED) is 0.561. The molecule has 0 aromatic rings. The highest BCUT2D eigenvalue weighted by molar-refractivity contribution is 7.33. The van der Waals surface area contributed by atoms with Crippen molar-refractivity contribution in [3.63, 3.8) is 0 Å². The van der Waals surface area contributed by atoms with Crippen molar-refractivity contribution >= 4 is 43.1 Å². The van der Waals surface area contributed by atoms with Crippen LogP contribution in [0.2, 0.25) is 0 Å². The Kier molecular flexibility index (Phi) is 6.15. The van der Waals surface area contributed by atoms with Gasteiger partial charge in [0, 0.05) is 0 Å². The molecule has 3 nitrogen and oxygen atoms in total. The van der Waals surface area contributed by atoms with Crippen LogP contribution >= 0.6 is 43.1 Å². The molecule has 0 aromatic heterocycles. The first-order valence-electron chi connectivity index (χ1n) is 2.82. The lowest BCUT2D eigenvalue weighted by molar-refractivity contribution is 0.237. The molecule has 0 saturated carbocycles. The van der Waals surface area contributed by atoms with Crippen molar-refractivity contribution in [1.82, 2.24) is 0 Å². The van der Waals surface area contributed by atoms with Gasteiger partial charge in [0.15, 0.2) is 0 Å². The highest BCUT2D eigenvalue weighted by atomic mass is 35.6. The predicted octanol–water partition coefficient (Wildman–Crippen LogP) is 2.80. The van der Waals surface area contributed by atoms with Crippen LogP contribution in [0.3, 0.4) is 0 Å². The van der Waals surface area contributed by atoms with E-state index >= 15 is 0 Å². The van der Waals surface area contributed by atoms with Crippen molar-refractivity contribution in [2.45, 2.75) is 10.7 Å². The number of hydrogen-bond acceptors (Lipinski definition) is 3. The van der Waals surface area contributed by atoms with Crippen molar-refractivity contribution < 1.29 is 13.6 Å². The van der Waals surface area contributed by atoms with Gasteiger partial charge in [0.1, 0.15) is 6.61 Å². The van der Waals surface area contributed by atoms with Crippen molar-refractivity contribution in [3.05, 3.63) is 0 Å². The Morgan fingerprint density at radius 1 is 1.36 bits per heavy atom. The van der Waals surface area contributed by atoms with Crippen LogP contribution in [0.25, 0.3) is 0 Å². The van der Waals surface area contributed by atoms with Crippen molar-refractivity contribution in [1.29, 1.82) is 0 Å². The van der Waals surface area contributed by atoms with E-state index in [1.807, 2.05) is 0 Å². The minimum Gasteiger partial charge on any atom is -0.311 e. The summed E-state index contributed by atoms with van der Waals surface area (Å²) in [7, 11) is -2.48. The molecule has 0 aliphatic heterocycles. The smallest absolute Gasteiger partial charge is 0.311 e. The maximum absolute atomic E-state index is 10.7. The van der Waals surface area contributed by atoms with E-state index in [0.29, 0.717) is 6.61 Å². The number of rotatable bonds is 4. The fourth-order valence-corrected chi connectivity index (χ4v) is 1.39. The molecule has 0 aliphatic rings. The zero-order chi connectivity index (χ0) is 8.91. The van der Waals surface area contributed by atoms with Crippen LogP contribution in [0.1, 0.15) is 6.92 Å². The van der Waals surface area contributed by atoms with Gasteiger partial charge in [-0.1, -0.05) is 34.8 Å². The molecule has 68 valence electrons. The summed E-state index contributed by atoms with van der Waals surface area (Å²) in [4.78, 5) is 0. The number of halogens is 3. The lowest BCUT2D eigenvalue weighted by atomic mass is 10.9. The van der Waals surface area contributed by atoms with Crippen molar-refractivity contribution in [2.75, 3.05) is 13.2 Å². The summed E-state index contributed by atoms with van der Waals surface area (Å²) < 4.78 is 18.3. The second kappa shape index (κ2) is 5.63. The molecule has 7 heteroatoms. The van der Waals surface area contributed by atoms with Gasteiger partial charge in [-0.2, -0.15) is 0 Å². The van der Waals surface area contributed by atoms with E-state index < -0.39 is 12.0 Å². The second-order valence-electron chi connectivity index (χ2n) is 1.59. The lowest BCUT2D eigenvalue weighted by Crippen LogP contribution is -2.09. The SMILES string of the molecule is CCO[PH](=O)OCC(Cl)(Cl)Cl. The molecule has 0 aromatic carbocycles. The van der Waals surface area contributed by atoms with Gasteiger partial charge in [0.25, 0.3) is 0 Å². The summed E-state index contributed by atoms with van der Waals surface area (Å²) in [5, 5.41) is 0. The third-order valence-electron chi connectivity index (χ3n) is 0.616. The molecule has 0 bridgehead atoms. The molecule has 0 amide bonds. The fraction of sp³-hybridized carbons (Fsp3) is 1.00. The zero-order valence-electron chi connectivity index (χ0n) is 5.77. The molecule has 0 saturated heterocycles. The summed E-state index contributed by atoms with van der Waals surface area (Å²) in [6.45, 7) is 1.79. The van der Waals surface area contributed by atoms with Crippen molar-refractivity contribution in [3.8, 4) is 0 Å². The van der Waals surface area contributed by atoms with Crippen LogP contribution in [0.4, 0.5) is 0 Å². The van der Waals surface area contributed by atoms with Gasteiger partial charge in [-0.25, -0.2) is 0 Å². The zero-order valence-corrected chi connectivity index (χ0v) is 9.04. The van der Waals surface area contributed by atoms with E-state index in [4.69, 9.17) is 34.8 Å². The molecule has 1 atom stereocenters. The Morgan fingerprint density at radius 3 is 2.27 bits per heavy atom. The third-order valence-corrected chi connectivity index (χ3v) is 1.85. The Bertz CT molecular complexity index is 135. The van der Waals surface area contributed by atoms with E-state index in [-0.39, 0.29) is 6.61 Å². The van der Waals surface area contributed by atoms with Crippen LogP contribution in [0, 0.1) is 0 Å².